The van der Waals surface area contributed by atoms with Gasteiger partial charge in [0.25, 0.3) is 0 Å². The SMILES string of the molecule is COc1cccc2c(N3CCOC(C4CCCO4)C3)cc(C)nc12. The highest BCUT2D eigenvalue weighted by atomic mass is 16.5. The molecule has 2 saturated heterocycles. The molecule has 5 nitrogen and oxygen atoms in total. The van der Waals surface area contributed by atoms with Gasteiger partial charge in [0.05, 0.1) is 19.8 Å². The second kappa shape index (κ2) is 6.57. The van der Waals surface area contributed by atoms with Crippen molar-refractivity contribution in [2.24, 2.45) is 0 Å². The molecule has 2 fully saturated rings. The number of morpholine rings is 1. The quantitative estimate of drug-likeness (QED) is 0.867. The topological polar surface area (TPSA) is 43.8 Å². The van der Waals surface area contributed by atoms with Crippen LogP contribution in [-0.4, -0.2) is 50.6 Å². The van der Waals surface area contributed by atoms with Crippen molar-refractivity contribution in [1.82, 2.24) is 4.98 Å². The predicted molar refractivity (Wildman–Crippen MR) is 94.0 cm³/mol. The van der Waals surface area contributed by atoms with Crippen LogP contribution in [0.5, 0.6) is 5.75 Å². The number of pyridine rings is 1. The Morgan fingerprint density at radius 2 is 2.08 bits per heavy atom. The van der Waals surface area contributed by atoms with Gasteiger partial charge >= 0.3 is 0 Å². The van der Waals surface area contributed by atoms with Gasteiger partial charge in [-0.15, -0.1) is 0 Å². The fourth-order valence-corrected chi connectivity index (χ4v) is 3.77. The van der Waals surface area contributed by atoms with Gasteiger partial charge in [0.2, 0.25) is 0 Å². The van der Waals surface area contributed by atoms with E-state index in [1.54, 1.807) is 7.11 Å². The van der Waals surface area contributed by atoms with E-state index in [0.29, 0.717) is 0 Å². The molecular formula is C19H24N2O3. The normalized spacial score (nSPS) is 24.5. The number of hydrogen-bond acceptors (Lipinski definition) is 5. The Hall–Kier alpha value is -1.85. The van der Waals surface area contributed by atoms with Crippen LogP contribution >= 0.6 is 0 Å². The van der Waals surface area contributed by atoms with E-state index in [9.17, 15) is 0 Å². The van der Waals surface area contributed by atoms with Gasteiger partial charge in [0, 0.05) is 36.5 Å². The van der Waals surface area contributed by atoms with E-state index >= 15 is 0 Å². The number of hydrogen-bond donors (Lipinski definition) is 0. The monoisotopic (exact) mass is 328 g/mol. The molecule has 1 aromatic carbocycles. The lowest BCUT2D eigenvalue weighted by Crippen LogP contribution is -2.47. The molecule has 0 aliphatic carbocycles. The van der Waals surface area contributed by atoms with Crippen LogP contribution in [0.15, 0.2) is 24.3 Å². The van der Waals surface area contributed by atoms with E-state index in [-0.39, 0.29) is 12.2 Å². The van der Waals surface area contributed by atoms with Crippen molar-refractivity contribution in [3.8, 4) is 5.75 Å². The molecule has 2 aliphatic rings. The van der Waals surface area contributed by atoms with Crippen LogP contribution in [-0.2, 0) is 9.47 Å². The second-order valence-corrected chi connectivity index (χ2v) is 6.55. The van der Waals surface area contributed by atoms with E-state index in [2.05, 4.69) is 17.0 Å². The van der Waals surface area contributed by atoms with Crippen LogP contribution in [0.3, 0.4) is 0 Å². The minimum atomic E-state index is 0.148. The molecule has 3 heterocycles. The molecule has 128 valence electrons. The largest absolute Gasteiger partial charge is 0.494 e. The van der Waals surface area contributed by atoms with Crippen molar-refractivity contribution in [2.45, 2.75) is 32.0 Å². The first-order chi connectivity index (χ1) is 11.8. The number of rotatable bonds is 3. The molecule has 2 aromatic rings. The van der Waals surface area contributed by atoms with Crippen LogP contribution in [0.25, 0.3) is 10.9 Å². The summed E-state index contributed by atoms with van der Waals surface area (Å²) in [6.45, 7) is 5.38. The Kier molecular flexibility index (Phi) is 4.29. The predicted octanol–water partition coefficient (Wildman–Crippen LogP) is 2.94. The molecule has 0 N–H and O–H groups in total. The number of aromatic nitrogens is 1. The molecule has 2 atom stereocenters. The van der Waals surface area contributed by atoms with Gasteiger partial charge in [0.15, 0.2) is 0 Å². The third-order valence-electron chi connectivity index (χ3n) is 4.94. The van der Waals surface area contributed by atoms with Gasteiger partial charge in [-0.05, 0) is 31.9 Å². The average molecular weight is 328 g/mol. The highest BCUT2D eigenvalue weighted by molar-refractivity contribution is 5.95. The Morgan fingerprint density at radius 3 is 2.88 bits per heavy atom. The van der Waals surface area contributed by atoms with Gasteiger partial charge in [-0.3, -0.25) is 0 Å². The van der Waals surface area contributed by atoms with E-state index in [1.807, 2.05) is 19.1 Å². The maximum Gasteiger partial charge on any atom is 0.145 e. The lowest BCUT2D eigenvalue weighted by atomic mass is 10.1. The van der Waals surface area contributed by atoms with Crippen LogP contribution in [0.1, 0.15) is 18.5 Å². The summed E-state index contributed by atoms with van der Waals surface area (Å²) in [5.41, 5.74) is 3.14. The average Bonchev–Trinajstić information content (AvgIpc) is 3.15. The maximum atomic E-state index is 5.99. The first kappa shape index (κ1) is 15.7. The summed E-state index contributed by atoms with van der Waals surface area (Å²) >= 11 is 0. The summed E-state index contributed by atoms with van der Waals surface area (Å²) in [5.74, 6) is 0.821. The molecule has 2 aliphatic heterocycles. The molecular weight excluding hydrogens is 304 g/mol. The van der Waals surface area contributed by atoms with Gasteiger partial charge in [-0.25, -0.2) is 4.98 Å². The summed E-state index contributed by atoms with van der Waals surface area (Å²) in [5, 5.41) is 1.13. The van der Waals surface area contributed by atoms with Crippen LogP contribution in [0.2, 0.25) is 0 Å². The lowest BCUT2D eigenvalue weighted by molar-refractivity contribution is -0.0542. The number of anilines is 1. The second-order valence-electron chi connectivity index (χ2n) is 6.55. The Balaban J connectivity index is 1.70. The molecule has 1 aromatic heterocycles. The summed E-state index contributed by atoms with van der Waals surface area (Å²) in [6, 6.07) is 8.28. The number of fused-ring (bicyclic) bond motifs is 1. The molecule has 0 spiro atoms. The molecule has 4 rings (SSSR count). The maximum absolute atomic E-state index is 5.99. The fourth-order valence-electron chi connectivity index (χ4n) is 3.77. The van der Waals surface area contributed by atoms with Gasteiger partial charge < -0.3 is 19.1 Å². The number of ether oxygens (including phenoxy) is 3. The first-order valence-electron chi connectivity index (χ1n) is 8.69. The molecule has 2 unspecified atom stereocenters. The number of nitrogens with zero attached hydrogens (tertiary/aromatic N) is 2. The van der Waals surface area contributed by atoms with Crippen LogP contribution in [0, 0.1) is 6.92 Å². The molecule has 0 amide bonds. The third-order valence-corrected chi connectivity index (χ3v) is 4.94. The Bertz CT molecular complexity index is 728. The summed E-state index contributed by atoms with van der Waals surface area (Å²) in [6.07, 6.45) is 2.62. The number of methoxy groups -OCH3 is 1. The summed E-state index contributed by atoms with van der Waals surface area (Å²) in [4.78, 5) is 7.10. The Labute approximate surface area is 142 Å². The van der Waals surface area contributed by atoms with E-state index in [4.69, 9.17) is 19.2 Å². The molecule has 24 heavy (non-hydrogen) atoms. The highest BCUT2D eigenvalue weighted by Crippen LogP contribution is 2.33. The van der Waals surface area contributed by atoms with E-state index in [1.165, 1.54) is 5.69 Å². The molecule has 0 saturated carbocycles. The van der Waals surface area contributed by atoms with Crippen molar-refractivity contribution in [1.29, 1.82) is 0 Å². The lowest BCUT2D eigenvalue weighted by Gasteiger charge is -2.37. The van der Waals surface area contributed by atoms with Gasteiger partial charge in [0.1, 0.15) is 17.4 Å². The van der Waals surface area contributed by atoms with Crippen molar-refractivity contribution >= 4 is 16.6 Å². The van der Waals surface area contributed by atoms with Gasteiger partial charge in [-0.1, -0.05) is 12.1 Å². The zero-order valence-electron chi connectivity index (χ0n) is 14.3. The first-order valence-corrected chi connectivity index (χ1v) is 8.69. The van der Waals surface area contributed by atoms with Gasteiger partial charge in [-0.2, -0.15) is 0 Å². The zero-order valence-corrected chi connectivity index (χ0v) is 14.3. The summed E-state index contributed by atoms with van der Waals surface area (Å²) in [7, 11) is 1.70. The number of para-hydroxylation sites is 1. The van der Waals surface area contributed by atoms with E-state index < -0.39 is 0 Å². The van der Waals surface area contributed by atoms with Crippen LogP contribution < -0.4 is 9.64 Å². The minimum Gasteiger partial charge on any atom is -0.494 e. The van der Waals surface area contributed by atoms with Crippen molar-refractivity contribution in [3.05, 3.63) is 30.0 Å². The van der Waals surface area contributed by atoms with Crippen molar-refractivity contribution in [2.75, 3.05) is 38.3 Å². The van der Waals surface area contributed by atoms with Crippen molar-refractivity contribution in [3.63, 3.8) is 0 Å². The number of benzene rings is 1. The Morgan fingerprint density at radius 1 is 1.21 bits per heavy atom. The smallest absolute Gasteiger partial charge is 0.145 e. The highest BCUT2D eigenvalue weighted by Gasteiger charge is 2.31. The van der Waals surface area contributed by atoms with E-state index in [0.717, 1.165) is 61.5 Å². The zero-order chi connectivity index (χ0) is 16.5. The van der Waals surface area contributed by atoms with Crippen molar-refractivity contribution < 1.29 is 14.2 Å². The summed E-state index contributed by atoms with van der Waals surface area (Å²) < 4.78 is 17.3. The third kappa shape index (κ3) is 2.82. The molecule has 0 bridgehead atoms. The molecule has 0 radical (unpaired) electrons. The van der Waals surface area contributed by atoms with Crippen LogP contribution in [0.4, 0.5) is 5.69 Å². The standard InChI is InChI=1S/C19H24N2O3/c1-13-11-15(14-5-3-6-17(22-2)19(14)20-13)21-8-10-24-18(12-21)16-7-4-9-23-16/h3,5-6,11,16,18H,4,7-10,12H2,1-2H3. The fraction of sp³-hybridized carbons (Fsp3) is 0.526. The minimum absolute atomic E-state index is 0.148. The number of aryl methyl sites for hydroxylation is 1. The molecule has 5 heteroatoms.